The zero-order valence-electron chi connectivity index (χ0n) is 7.36. The largest absolute Gasteiger partial charge is 0.282 e. The maximum absolute atomic E-state index is 12.2. The van der Waals surface area contributed by atoms with Gasteiger partial charge in [-0.05, 0) is 18.4 Å². The number of nitrogens with one attached hydrogen (secondary N) is 1. The summed E-state index contributed by atoms with van der Waals surface area (Å²) >= 11 is 0. The number of hydrogen-bond acceptors (Lipinski definition) is 1. The predicted octanol–water partition coefficient (Wildman–Crippen LogP) is 2.78. The number of rotatable bonds is 2. The molecule has 0 aliphatic rings. The second kappa shape index (κ2) is 3.21. The van der Waals surface area contributed by atoms with Crippen LogP contribution in [0.1, 0.15) is 43.1 Å². The highest BCUT2D eigenvalue weighted by molar-refractivity contribution is 5.26. The summed E-state index contributed by atoms with van der Waals surface area (Å²) in [5, 5.41) is 6.19. The van der Waals surface area contributed by atoms with Gasteiger partial charge in [-0.2, -0.15) is 5.10 Å². The van der Waals surface area contributed by atoms with Gasteiger partial charge in [0.2, 0.25) is 0 Å². The van der Waals surface area contributed by atoms with E-state index in [1.54, 1.807) is 6.92 Å². The first kappa shape index (κ1) is 9.16. The first-order chi connectivity index (χ1) is 5.54. The van der Waals surface area contributed by atoms with Gasteiger partial charge in [0.25, 0.3) is 6.43 Å². The van der Waals surface area contributed by atoms with E-state index in [9.17, 15) is 8.78 Å². The van der Waals surface area contributed by atoms with Crippen molar-refractivity contribution in [1.82, 2.24) is 10.2 Å². The molecule has 2 nitrogen and oxygen atoms in total. The van der Waals surface area contributed by atoms with Crippen LogP contribution in [0.3, 0.4) is 0 Å². The minimum atomic E-state index is -2.48. The third-order valence-corrected chi connectivity index (χ3v) is 1.87. The highest BCUT2D eigenvalue weighted by atomic mass is 19.3. The minimum absolute atomic E-state index is 0.126. The first-order valence-corrected chi connectivity index (χ1v) is 3.87. The van der Waals surface area contributed by atoms with Gasteiger partial charge in [0.15, 0.2) is 0 Å². The Bertz CT molecular complexity index is 241. The summed E-state index contributed by atoms with van der Waals surface area (Å²) < 4.78 is 24.4. The van der Waals surface area contributed by atoms with Crippen LogP contribution in [0.15, 0.2) is 0 Å². The third kappa shape index (κ3) is 1.47. The average molecular weight is 174 g/mol. The van der Waals surface area contributed by atoms with Crippen LogP contribution in [-0.2, 0) is 0 Å². The van der Waals surface area contributed by atoms with E-state index in [-0.39, 0.29) is 11.6 Å². The molecule has 0 radical (unpaired) electrons. The molecule has 0 saturated carbocycles. The van der Waals surface area contributed by atoms with Crippen molar-refractivity contribution in [2.45, 2.75) is 33.1 Å². The molecule has 1 aromatic rings. The molecule has 68 valence electrons. The van der Waals surface area contributed by atoms with Crippen molar-refractivity contribution in [3.63, 3.8) is 0 Å². The van der Waals surface area contributed by atoms with Crippen LogP contribution in [0.5, 0.6) is 0 Å². The molecular weight excluding hydrogens is 162 g/mol. The molecule has 4 heteroatoms. The van der Waals surface area contributed by atoms with Crippen LogP contribution >= 0.6 is 0 Å². The quantitative estimate of drug-likeness (QED) is 0.733. The summed E-state index contributed by atoms with van der Waals surface area (Å²) in [4.78, 5) is 0. The number of aromatic amines is 1. The number of nitrogens with zero attached hydrogens (tertiary/aromatic N) is 1. The molecule has 1 heterocycles. The number of hydrogen-bond donors (Lipinski definition) is 1. The highest BCUT2D eigenvalue weighted by Gasteiger charge is 2.18. The SMILES string of the molecule is Cc1c(C(F)F)n[nH]c1C(C)C. The maximum Gasteiger partial charge on any atom is 0.282 e. The molecule has 0 aliphatic carbocycles. The van der Waals surface area contributed by atoms with Crippen LogP contribution in [0.25, 0.3) is 0 Å². The van der Waals surface area contributed by atoms with Crippen molar-refractivity contribution in [3.05, 3.63) is 17.0 Å². The zero-order chi connectivity index (χ0) is 9.30. The maximum atomic E-state index is 12.2. The first-order valence-electron chi connectivity index (χ1n) is 3.87. The zero-order valence-corrected chi connectivity index (χ0v) is 7.36. The summed E-state index contributed by atoms with van der Waals surface area (Å²) in [6.45, 7) is 5.55. The van der Waals surface area contributed by atoms with Crippen molar-refractivity contribution in [1.29, 1.82) is 0 Å². The summed E-state index contributed by atoms with van der Waals surface area (Å²) in [5.74, 6) is 0.213. The Labute approximate surface area is 70.0 Å². The molecule has 12 heavy (non-hydrogen) atoms. The van der Waals surface area contributed by atoms with Crippen LogP contribution in [-0.4, -0.2) is 10.2 Å². The fourth-order valence-electron chi connectivity index (χ4n) is 1.20. The molecule has 0 amide bonds. The van der Waals surface area contributed by atoms with Crippen LogP contribution in [0.2, 0.25) is 0 Å². The van der Waals surface area contributed by atoms with Crippen molar-refractivity contribution < 1.29 is 8.78 Å². The van der Waals surface area contributed by atoms with Gasteiger partial charge in [0, 0.05) is 5.69 Å². The molecule has 0 unspecified atom stereocenters. The topological polar surface area (TPSA) is 28.7 Å². The van der Waals surface area contributed by atoms with Gasteiger partial charge in [0.1, 0.15) is 5.69 Å². The molecule has 0 aliphatic heterocycles. The van der Waals surface area contributed by atoms with E-state index < -0.39 is 6.43 Å². The van der Waals surface area contributed by atoms with Crippen molar-refractivity contribution in [3.8, 4) is 0 Å². The Kier molecular flexibility index (Phi) is 2.45. The van der Waals surface area contributed by atoms with E-state index in [0.717, 1.165) is 5.69 Å². The Morgan fingerprint density at radius 2 is 1.92 bits per heavy atom. The van der Waals surface area contributed by atoms with Gasteiger partial charge >= 0.3 is 0 Å². The molecule has 0 saturated heterocycles. The summed E-state index contributed by atoms with van der Waals surface area (Å²) in [7, 11) is 0. The van der Waals surface area contributed by atoms with E-state index in [1.807, 2.05) is 13.8 Å². The number of H-pyrrole nitrogens is 1. The standard InChI is InChI=1S/C8H12F2N2/c1-4(2)6-5(3)7(8(9)10)12-11-6/h4,8H,1-3H3,(H,11,12). The number of halogens is 2. The van der Waals surface area contributed by atoms with Gasteiger partial charge < -0.3 is 0 Å². The lowest BCUT2D eigenvalue weighted by Crippen LogP contribution is -1.91. The minimum Gasteiger partial charge on any atom is -0.282 e. The summed E-state index contributed by atoms with van der Waals surface area (Å²) in [5.41, 5.74) is 1.25. The molecule has 0 atom stereocenters. The Balaban J connectivity index is 3.04. The van der Waals surface area contributed by atoms with Gasteiger partial charge in [-0.25, -0.2) is 8.78 Å². The van der Waals surface area contributed by atoms with Gasteiger partial charge in [-0.15, -0.1) is 0 Å². The molecule has 1 aromatic heterocycles. The van der Waals surface area contributed by atoms with Gasteiger partial charge in [0.05, 0.1) is 0 Å². The lowest BCUT2D eigenvalue weighted by atomic mass is 10.1. The average Bonchev–Trinajstić information content (AvgIpc) is 2.30. The van der Waals surface area contributed by atoms with Gasteiger partial charge in [-0.3, -0.25) is 5.10 Å². The molecule has 0 fully saturated rings. The lowest BCUT2D eigenvalue weighted by Gasteiger charge is -2.02. The molecule has 1 rings (SSSR count). The molecule has 0 aromatic carbocycles. The Hall–Kier alpha value is -0.930. The van der Waals surface area contributed by atoms with E-state index in [2.05, 4.69) is 10.2 Å². The molecular formula is C8H12F2N2. The van der Waals surface area contributed by atoms with Crippen molar-refractivity contribution >= 4 is 0 Å². The van der Waals surface area contributed by atoms with E-state index in [1.165, 1.54) is 0 Å². The molecule has 1 N–H and O–H groups in total. The molecule has 0 spiro atoms. The van der Waals surface area contributed by atoms with Crippen molar-refractivity contribution in [2.24, 2.45) is 0 Å². The smallest absolute Gasteiger partial charge is 0.282 e. The van der Waals surface area contributed by atoms with E-state index in [4.69, 9.17) is 0 Å². The third-order valence-electron chi connectivity index (χ3n) is 1.87. The monoisotopic (exact) mass is 174 g/mol. The van der Waals surface area contributed by atoms with Crippen LogP contribution in [0, 0.1) is 6.92 Å². The fourth-order valence-corrected chi connectivity index (χ4v) is 1.20. The van der Waals surface area contributed by atoms with E-state index in [0.29, 0.717) is 5.56 Å². The Morgan fingerprint density at radius 3 is 2.17 bits per heavy atom. The second-order valence-corrected chi connectivity index (χ2v) is 3.10. The predicted molar refractivity (Wildman–Crippen MR) is 42.4 cm³/mol. The number of aromatic nitrogens is 2. The lowest BCUT2D eigenvalue weighted by molar-refractivity contribution is 0.145. The van der Waals surface area contributed by atoms with E-state index >= 15 is 0 Å². The number of alkyl halides is 2. The van der Waals surface area contributed by atoms with Crippen LogP contribution < -0.4 is 0 Å². The highest BCUT2D eigenvalue weighted by Crippen LogP contribution is 2.25. The molecule has 0 bridgehead atoms. The normalized spacial score (nSPS) is 11.6. The second-order valence-electron chi connectivity index (χ2n) is 3.10. The van der Waals surface area contributed by atoms with Gasteiger partial charge in [-0.1, -0.05) is 13.8 Å². The summed E-state index contributed by atoms with van der Waals surface area (Å²) in [6, 6.07) is 0. The van der Waals surface area contributed by atoms with Crippen molar-refractivity contribution in [2.75, 3.05) is 0 Å². The van der Waals surface area contributed by atoms with Crippen LogP contribution in [0.4, 0.5) is 8.78 Å². The fraction of sp³-hybridized carbons (Fsp3) is 0.625. The summed E-state index contributed by atoms with van der Waals surface area (Å²) in [6.07, 6.45) is -2.48. The Morgan fingerprint density at radius 1 is 1.33 bits per heavy atom.